The Bertz CT molecular complexity index is 588. The summed E-state index contributed by atoms with van der Waals surface area (Å²) in [6.45, 7) is 6.50. The van der Waals surface area contributed by atoms with Crippen molar-refractivity contribution in [3.63, 3.8) is 0 Å². The standard InChI is InChI=1S/C18H24N4.ClH/c1-15-12-19-10-11-22(15)14-16-8-9-18(20-13-16)21(2)17-6-4-3-5-7-17;/h3-9,13,15,19H,10-12,14H2,1-2H3;1H. The molecule has 0 amide bonds. The third-order valence-electron chi connectivity index (χ3n) is 4.32. The maximum atomic E-state index is 4.63. The molecule has 124 valence electrons. The lowest BCUT2D eigenvalue weighted by Crippen LogP contribution is -2.49. The molecule has 0 saturated carbocycles. The number of halogens is 1. The maximum absolute atomic E-state index is 4.63. The first-order chi connectivity index (χ1) is 10.7. The fourth-order valence-electron chi connectivity index (χ4n) is 2.84. The molecule has 5 heteroatoms. The minimum Gasteiger partial charge on any atom is -0.329 e. The number of pyridine rings is 1. The minimum atomic E-state index is 0. The Morgan fingerprint density at radius 2 is 2.00 bits per heavy atom. The van der Waals surface area contributed by atoms with Crippen molar-refractivity contribution < 1.29 is 0 Å². The van der Waals surface area contributed by atoms with Crippen LogP contribution >= 0.6 is 12.4 Å². The molecule has 1 atom stereocenters. The smallest absolute Gasteiger partial charge is 0.132 e. The average Bonchev–Trinajstić information content (AvgIpc) is 2.58. The Hall–Kier alpha value is -1.62. The number of benzene rings is 1. The van der Waals surface area contributed by atoms with Crippen LogP contribution in [0.1, 0.15) is 12.5 Å². The molecule has 0 radical (unpaired) electrons. The zero-order valence-corrected chi connectivity index (χ0v) is 14.6. The van der Waals surface area contributed by atoms with Gasteiger partial charge < -0.3 is 10.2 Å². The van der Waals surface area contributed by atoms with Crippen LogP contribution in [0, 0.1) is 0 Å². The highest BCUT2D eigenvalue weighted by atomic mass is 35.5. The van der Waals surface area contributed by atoms with Crippen molar-refractivity contribution in [2.75, 3.05) is 31.6 Å². The van der Waals surface area contributed by atoms with Crippen molar-refractivity contribution >= 4 is 23.9 Å². The minimum absolute atomic E-state index is 0. The average molecular weight is 333 g/mol. The van der Waals surface area contributed by atoms with Crippen molar-refractivity contribution in [1.82, 2.24) is 15.2 Å². The number of piperazine rings is 1. The van der Waals surface area contributed by atoms with Crippen LogP contribution in [0.25, 0.3) is 0 Å². The lowest BCUT2D eigenvalue weighted by atomic mass is 10.2. The third-order valence-corrected chi connectivity index (χ3v) is 4.32. The largest absolute Gasteiger partial charge is 0.329 e. The highest BCUT2D eigenvalue weighted by molar-refractivity contribution is 5.85. The molecule has 1 N–H and O–H groups in total. The molecule has 3 rings (SSSR count). The summed E-state index contributed by atoms with van der Waals surface area (Å²) in [5.74, 6) is 0.975. The quantitative estimate of drug-likeness (QED) is 0.932. The lowest BCUT2D eigenvalue weighted by Gasteiger charge is -2.33. The van der Waals surface area contributed by atoms with Crippen LogP contribution in [-0.2, 0) is 6.54 Å². The van der Waals surface area contributed by atoms with E-state index in [1.807, 2.05) is 24.4 Å². The van der Waals surface area contributed by atoms with E-state index in [2.05, 4.69) is 58.3 Å². The molecular formula is C18H25ClN4. The van der Waals surface area contributed by atoms with E-state index in [0.717, 1.165) is 37.7 Å². The zero-order valence-electron chi connectivity index (χ0n) is 13.8. The number of aromatic nitrogens is 1. The predicted molar refractivity (Wildman–Crippen MR) is 98.7 cm³/mol. The third kappa shape index (κ3) is 4.44. The molecule has 4 nitrogen and oxygen atoms in total. The van der Waals surface area contributed by atoms with Crippen LogP contribution in [0.3, 0.4) is 0 Å². The van der Waals surface area contributed by atoms with Crippen LogP contribution in [0.15, 0.2) is 48.7 Å². The summed E-state index contributed by atoms with van der Waals surface area (Å²) in [5.41, 5.74) is 2.43. The summed E-state index contributed by atoms with van der Waals surface area (Å²) in [4.78, 5) is 9.25. The molecule has 2 aromatic rings. The fourth-order valence-corrected chi connectivity index (χ4v) is 2.84. The van der Waals surface area contributed by atoms with Gasteiger partial charge in [-0.3, -0.25) is 4.90 Å². The Morgan fingerprint density at radius 1 is 1.22 bits per heavy atom. The molecule has 1 aliphatic rings. The number of para-hydroxylation sites is 1. The Labute approximate surface area is 144 Å². The number of nitrogens with zero attached hydrogens (tertiary/aromatic N) is 3. The number of hydrogen-bond acceptors (Lipinski definition) is 4. The second kappa shape index (κ2) is 8.29. The SMILES string of the molecule is CC1CNCCN1Cc1ccc(N(C)c2ccccc2)nc1.Cl. The number of nitrogens with one attached hydrogen (secondary N) is 1. The monoisotopic (exact) mass is 332 g/mol. The normalized spacial score (nSPS) is 18.3. The Balaban J connectivity index is 0.00000192. The summed E-state index contributed by atoms with van der Waals surface area (Å²) < 4.78 is 0. The Kier molecular flexibility index (Phi) is 6.39. The molecule has 1 saturated heterocycles. The van der Waals surface area contributed by atoms with E-state index in [9.17, 15) is 0 Å². The van der Waals surface area contributed by atoms with Crippen LogP contribution in [0.2, 0.25) is 0 Å². The lowest BCUT2D eigenvalue weighted by molar-refractivity contribution is 0.165. The van der Waals surface area contributed by atoms with Gasteiger partial charge in [-0.05, 0) is 30.7 Å². The molecule has 1 unspecified atom stereocenters. The first-order valence-electron chi connectivity index (χ1n) is 7.92. The van der Waals surface area contributed by atoms with Gasteiger partial charge in [0, 0.05) is 51.2 Å². The van der Waals surface area contributed by atoms with Crippen LogP contribution in [0.5, 0.6) is 0 Å². The van der Waals surface area contributed by atoms with E-state index in [0.29, 0.717) is 6.04 Å². The van der Waals surface area contributed by atoms with Gasteiger partial charge in [-0.15, -0.1) is 12.4 Å². The van der Waals surface area contributed by atoms with Gasteiger partial charge in [0.2, 0.25) is 0 Å². The van der Waals surface area contributed by atoms with Gasteiger partial charge in [0.15, 0.2) is 0 Å². The molecular weight excluding hydrogens is 308 g/mol. The van der Waals surface area contributed by atoms with E-state index < -0.39 is 0 Å². The first kappa shape index (κ1) is 17.7. The summed E-state index contributed by atoms with van der Waals surface area (Å²) in [6, 6.07) is 15.2. The van der Waals surface area contributed by atoms with Crippen molar-refractivity contribution in [3.8, 4) is 0 Å². The first-order valence-corrected chi connectivity index (χ1v) is 7.92. The topological polar surface area (TPSA) is 31.4 Å². The molecule has 0 spiro atoms. The van der Waals surface area contributed by atoms with E-state index in [1.54, 1.807) is 0 Å². The van der Waals surface area contributed by atoms with Crippen LogP contribution < -0.4 is 10.2 Å². The second-order valence-electron chi connectivity index (χ2n) is 5.94. The summed E-state index contributed by atoms with van der Waals surface area (Å²) in [7, 11) is 2.05. The summed E-state index contributed by atoms with van der Waals surface area (Å²) >= 11 is 0. The van der Waals surface area contributed by atoms with Gasteiger partial charge in [0.25, 0.3) is 0 Å². The summed E-state index contributed by atoms with van der Waals surface area (Å²) in [6.07, 6.45) is 2.00. The Morgan fingerprint density at radius 3 is 2.65 bits per heavy atom. The van der Waals surface area contributed by atoms with Gasteiger partial charge in [0.05, 0.1) is 0 Å². The molecule has 23 heavy (non-hydrogen) atoms. The molecule has 0 bridgehead atoms. The molecule has 1 aliphatic heterocycles. The van der Waals surface area contributed by atoms with Gasteiger partial charge in [-0.1, -0.05) is 24.3 Å². The molecule has 1 aromatic carbocycles. The van der Waals surface area contributed by atoms with E-state index in [1.165, 1.54) is 5.56 Å². The van der Waals surface area contributed by atoms with Gasteiger partial charge in [-0.2, -0.15) is 0 Å². The van der Waals surface area contributed by atoms with Gasteiger partial charge in [0.1, 0.15) is 5.82 Å². The number of rotatable bonds is 4. The van der Waals surface area contributed by atoms with E-state index in [4.69, 9.17) is 0 Å². The van der Waals surface area contributed by atoms with Crippen LogP contribution in [0.4, 0.5) is 11.5 Å². The van der Waals surface area contributed by atoms with Crippen LogP contribution in [-0.4, -0.2) is 42.6 Å². The number of anilines is 2. The number of hydrogen-bond donors (Lipinski definition) is 1. The molecule has 1 aromatic heterocycles. The van der Waals surface area contributed by atoms with E-state index >= 15 is 0 Å². The second-order valence-corrected chi connectivity index (χ2v) is 5.94. The highest BCUT2D eigenvalue weighted by Gasteiger charge is 2.17. The van der Waals surface area contributed by atoms with Crippen molar-refractivity contribution in [2.24, 2.45) is 0 Å². The fraction of sp³-hybridized carbons (Fsp3) is 0.389. The highest BCUT2D eigenvalue weighted by Crippen LogP contribution is 2.21. The molecule has 1 fully saturated rings. The van der Waals surface area contributed by atoms with Gasteiger partial charge >= 0.3 is 0 Å². The van der Waals surface area contributed by atoms with Crippen molar-refractivity contribution in [2.45, 2.75) is 19.5 Å². The van der Waals surface area contributed by atoms with Crippen molar-refractivity contribution in [1.29, 1.82) is 0 Å². The maximum Gasteiger partial charge on any atom is 0.132 e. The zero-order chi connectivity index (χ0) is 15.4. The summed E-state index contributed by atoms with van der Waals surface area (Å²) in [5, 5.41) is 3.43. The molecule has 2 heterocycles. The predicted octanol–water partition coefficient (Wildman–Crippen LogP) is 3.07. The van der Waals surface area contributed by atoms with Gasteiger partial charge in [-0.25, -0.2) is 4.98 Å². The van der Waals surface area contributed by atoms with Crippen molar-refractivity contribution in [3.05, 3.63) is 54.2 Å². The molecule has 0 aliphatic carbocycles. The van der Waals surface area contributed by atoms with E-state index in [-0.39, 0.29) is 12.4 Å².